The molecule has 0 saturated heterocycles. The Labute approximate surface area is 156 Å². The molecule has 142 valence electrons. The Balaban J connectivity index is 2.11. The molecule has 0 amide bonds. The van der Waals surface area contributed by atoms with Crippen LogP contribution in [0.1, 0.15) is 33.6 Å². The third-order valence-electron chi connectivity index (χ3n) is 3.78. The molecule has 1 aromatic heterocycles. The van der Waals surface area contributed by atoms with Gasteiger partial charge >= 0.3 is 0 Å². The Bertz CT molecular complexity index is 769. The third kappa shape index (κ3) is 5.36. The topological polar surface area (TPSA) is 71.5 Å². The van der Waals surface area contributed by atoms with Gasteiger partial charge in [-0.25, -0.2) is 13.4 Å². The lowest BCUT2D eigenvalue weighted by atomic mass is 10.3. The molecular formula is C19H27N3O3S. The van der Waals surface area contributed by atoms with Crippen molar-refractivity contribution in [1.82, 2.24) is 4.98 Å². The first-order chi connectivity index (χ1) is 12.5. The molecule has 0 unspecified atom stereocenters. The van der Waals surface area contributed by atoms with E-state index in [1.54, 1.807) is 24.4 Å². The minimum atomic E-state index is -3.68. The lowest BCUT2D eigenvalue weighted by Gasteiger charge is -2.23. The molecule has 1 N–H and O–H groups in total. The average molecular weight is 378 g/mol. The van der Waals surface area contributed by atoms with Gasteiger partial charge < -0.3 is 9.64 Å². The summed E-state index contributed by atoms with van der Waals surface area (Å²) in [7, 11) is -3.68. The van der Waals surface area contributed by atoms with Gasteiger partial charge in [0.1, 0.15) is 11.6 Å². The molecule has 6 nitrogen and oxygen atoms in total. The van der Waals surface area contributed by atoms with Crippen LogP contribution in [-0.2, 0) is 10.0 Å². The second-order valence-electron chi connectivity index (χ2n) is 5.90. The summed E-state index contributed by atoms with van der Waals surface area (Å²) in [5.41, 5.74) is 0.998. The maximum atomic E-state index is 12.5. The summed E-state index contributed by atoms with van der Waals surface area (Å²) in [6, 6.07) is 9.91. The molecule has 1 heterocycles. The van der Waals surface area contributed by atoms with Gasteiger partial charge in [0, 0.05) is 13.1 Å². The highest BCUT2D eigenvalue weighted by molar-refractivity contribution is 7.92. The van der Waals surface area contributed by atoms with Gasteiger partial charge in [-0.1, -0.05) is 13.8 Å². The van der Waals surface area contributed by atoms with Gasteiger partial charge in [-0.15, -0.1) is 0 Å². The number of hydrogen-bond donors (Lipinski definition) is 1. The fourth-order valence-corrected chi connectivity index (χ4v) is 3.63. The molecule has 0 saturated carbocycles. The van der Waals surface area contributed by atoms with Gasteiger partial charge in [-0.2, -0.15) is 0 Å². The molecule has 0 fully saturated rings. The van der Waals surface area contributed by atoms with E-state index >= 15 is 0 Å². The van der Waals surface area contributed by atoms with E-state index in [2.05, 4.69) is 28.5 Å². The Morgan fingerprint density at radius 1 is 1.00 bits per heavy atom. The minimum Gasteiger partial charge on any atom is -0.494 e. The highest BCUT2D eigenvalue weighted by Gasteiger charge is 2.15. The largest absolute Gasteiger partial charge is 0.494 e. The van der Waals surface area contributed by atoms with Crippen LogP contribution in [0.3, 0.4) is 0 Å². The molecule has 7 heteroatoms. The molecule has 0 bridgehead atoms. The standard InChI is InChI=1S/C19H27N3O3S/c1-4-13-22(14-5-2)16-7-12-19(20-15-16)21-26(23,24)18-10-8-17(9-11-18)25-6-3/h7-12,15H,4-6,13-14H2,1-3H3,(H,20,21). The van der Waals surface area contributed by atoms with E-state index in [1.165, 1.54) is 12.1 Å². The number of anilines is 2. The second-order valence-corrected chi connectivity index (χ2v) is 7.58. The average Bonchev–Trinajstić information content (AvgIpc) is 2.63. The summed E-state index contributed by atoms with van der Waals surface area (Å²) in [5, 5.41) is 0. The van der Waals surface area contributed by atoms with Crippen molar-refractivity contribution in [2.75, 3.05) is 29.3 Å². The lowest BCUT2D eigenvalue weighted by molar-refractivity contribution is 0.340. The van der Waals surface area contributed by atoms with Gasteiger partial charge in [0.25, 0.3) is 10.0 Å². The molecule has 0 radical (unpaired) electrons. The summed E-state index contributed by atoms with van der Waals surface area (Å²) in [5.74, 6) is 0.941. The predicted molar refractivity (Wildman–Crippen MR) is 105 cm³/mol. The first-order valence-corrected chi connectivity index (χ1v) is 10.4. The molecule has 2 aromatic rings. The van der Waals surface area contributed by atoms with Crippen LogP contribution in [0.4, 0.5) is 11.5 Å². The third-order valence-corrected chi connectivity index (χ3v) is 5.15. The van der Waals surface area contributed by atoms with Crippen LogP contribution in [0.5, 0.6) is 5.75 Å². The number of nitrogens with zero attached hydrogens (tertiary/aromatic N) is 2. The van der Waals surface area contributed by atoms with Crippen LogP contribution in [-0.4, -0.2) is 33.1 Å². The quantitative estimate of drug-likeness (QED) is 0.680. The summed E-state index contributed by atoms with van der Waals surface area (Å²) < 4.78 is 32.8. The molecule has 0 aliphatic heterocycles. The number of rotatable bonds is 10. The van der Waals surface area contributed by atoms with Gasteiger partial charge in [-0.05, 0) is 56.2 Å². The molecule has 1 aromatic carbocycles. The zero-order valence-electron chi connectivity index (χ0n) is 15.6. The number of nitrogens with one attached hydrogen (secondary N) is 1. The van der Waals surface area contributed by atoms with Crippen LogP contribution in [0.15, 0.2) is 47.5 Å². The fourth-order valence-electron chi connectivity index (χ4n) is 2.62. The molecular weight excluding hydrogens is 350 g/mol. The lowest BCUT2D eigenvalue weighted by Crippen LogP contribution is -2.25. The zero-order chi connectivity index (χ0) is 19.0. The van der Waals surface area contributed by atoms with Gasteiger partial charge in [-0.3, -0.25) is 4.72 Å². The monoisotopic (exact) mass is 377 g/mol. The Hall–Kier alpha value is -2.28. The number of aromatic nitrogens is 1. The van der Waals surface area contributed by atoms with E-state index in [4.69, 9.17) is 4.74 Å². The molecule has 26 heavy (non-hydrogen) atoms. The number of pyridine rings is 1. The predicted octanol–water partition coefficient (Wildman–Crippen LogP) is 3.91. The van der Waals surface area contributed by atoms with E-state index < -0.39 is 10.0 Å². The van der Waals surface area contributed by atoms with Crippen molar-refractivity contribution in [2.45, 2.75) is 38.5 Å². The highest BCUT2D eigenvalue weighted by Crippen LogP contribution is 2.20. The number of sulfonamides is 1. The molecule has 0 aliphatic carbocycles. The van der Waals surface area contributed by atoms with Crippen LogP contribution in [0, 0.1) is 0 Å². The van der Waals surface area contributed by atoms with E-state index in [0.29, 0.717) is 18.2 Å². The van der Waals surface area contributed by atoms with Crippen molar-refractivity contribution < 1.29 is 13.2 Å². The Morgan fingerprint density at radius 2 is 1.65 bits per heavy atom. The van der Waals surface area contributed by atoms with Crippen molar-refractivity contribution in [3.05, 3.63) is 42.6 Å². The minimum absolute atomic E-state index is 0.172. The Morgan fingerprint density at radius 3 is 2.15 bits per heavy atom. The van der Waals surface area contributed by atoms with Crippen LogP contribution in [0.2, 0.25) is 0 Å². The van der Waals surface area contributed by atoms with Crippen molar-refractivity contribution in [1.29, 1.82) is 0 Å². The van der Waals surface area contributed by atoms with Crippen molar-refractivity contribution in [3.63, 3.8) is 0 Å². The maximum Gasteiger partial charge on any atom is 0.263 e. The van der Waals surface area contributed by atoms with E-state index in [0.717, 1.165) is 31.6 Å². The summed E-state index contributed by atoms with van der Waals surface area (Å²) >= 11 is 0. The van der Waals surface area contributed by atoms with E-state index in [-0.39, 0.29) is 4.90 Å². The first kappa shape index (κ1) is 20.0. The summed E-state index contributed by atoms with van der Waals surface area (Å²) in [6.45, 7) is 8.59. The zero-order valence-corrected chi connectivity index (χ0v) is 16.4. The van der Waals surface area contributed by atoms with Crippen LogP contribution < -0.4 is 14.4 Å². The molecule has 0 atom stereocenters. The number of ether oxygens (including phenoxy) is 1. The van der Waals surface area contributed by atoms with Gasteiger partial charge in [0.05, 0.1) is 23.4 Å². The summed E-state index contributed by atoms with van der Waals surface area (Å²) in [4.78, 5) is 6.68. The maximum absolute atomic E-state index is 12.5. The van der Waals surface area contributed by atoms with E-state index in [9.17, 15) is 8.42 Å². The fraction of sp³-hybridized carbons (Fsp3) is 0.421. The van der Waals surface area contributed by atoms with E-state index in [1.807, 2.05) is 13.0 Å². The second kappa shape index (κ2) is 9.43. The van der Waals surface area contributed by atoms with Crippen molar-refractivity contribution in [3.8, 4) is 5.75 Å². The normalized spacial score (nSPS) is 11.2. The number of hydrogen-bond acceptors (Lipinski definition) is 5. The van der Waals surface area contributed by atoms with Crippen molar-refractivity contribution in [2.24, 2.45) is 0 Å². The molecule has 0 spiro atoms. The summed E-state index contributed by atoms with van der Waals surface area (Å²) in [6.07, 6.45) is 3.81. The highest BCUT2D eigenvalue weighted by atomic mass is 32.2. The molecule has 0 aliphatic rings. The molecule has 2 rings (SSSR count). The van der Waals surface area contributed by atoms with Crippen LogP contribution in [0.25, 0.3) is 0 Å². The Kier molecular flexibility index (Phi) is 7.26. The SMILES string of the molecule is CCCN(CCC)c1ccc(NS(=O)(=O)c2ccc(OCC)cc2)nc1. The van der Waals surface area contributed by atoms with Gasteiger partial charge in [0.15, 0.2) is 0 Å². The van der Waals surface area contributed by atoms with Crippen molar-refractivity contribution >= 4 is 21.5 Å². The van der Waals surface area contributed by atoms with Crippen LogP contribution >= 0.6 is 0 Å². The smallest absolute Gasteiger partial charge is 0.263 e. The number of benzene rings is 1. The van der Waals surface area contributed by atoms with Gasteiger partial charge in [0.2, 0.25) is 0 Å². The first-order valence-electron chi connectivity index (χ1n) is 8.96.